The summed E-state index contributed by atoms with van der Waals surface area (Å²) in [5.74, 6) is -0.258. The molecular formula is C23H23N3O4S. The number of hydrogen-bond acceptors (Lipinski definition) is 5. The first-order chi connectivity index (χ1) is 15.0. The molecule has 4 rings (SSSR count). The van der Waals surface area contributed by atoms with Crippen molar-refractivity contribution in [3.05, 3.63) is 84.4 Å². The van der Waals surface area contributed by atoms with Crippen LogP contribution in [0.15, 0.2) is 83.8 Å². The van der Waals surface area contributed by atoms with Gasteiger partial charge in [0, 0.05) is 35.7 Å². The van der Waals surface area contributed by atoms with Crippen LogP contribution in [0, 0.1) is 0 Å². The largest absolute Gasteiger partial charge is 0.378 e. The summed E-state index contributed by atoms with van der Waals surface area (Å²) in [7, 11) is -3.70. The molecule has 0 radical (unpaired) electrons. The lowest BCUT2D eigenvalue weighted by atomic mass is 10.1. The van der Waals surface area contributed by atoms with Gasteiger partial charge in [0.2, 0.25) is 0 Å². The van der Waals surface area contributed by atoms with Crippen LogP contribution in [0.4, 0.5) is 17.1 Å². The highest BCUT2D eigenvalue weighted by molar-refractivity contribution is 7.92. The number of rotatable bonds is 6. The highest BCUT2D eigenvalue weighted by Gasteiger charge is 2.15. The Balaban J connectivity index is 1.39. The Morgan fingerprint density at radius 3 is 2.10 bits per heavy atom. The fraction of sp³-hybridized carbons (Fsp3) is 0.174. The number of para-hydroxylation sites is 1. The minimum absolute atomic E-state index is 0.115. The van der Waals surface area contributed by atoms with Gasteiger partial charge in [-0.1, -0.05) is 18.2 Å². The van der Waals surface area contributed by atoms with E-state index in [4.69, 9.17) is 4.74 Å². The molecule has 1 heterocycles. The first kappa shape index (κ1) is 20.9. The van der Waals surface area contributed by atoms with Gasteiger partial charge in [-0.15, -0.1) is 0 Å². The molecule has 1 saturated heterocycles. The lowest BCUT2D eigenvalue weighted by Crippen LogP contribution is -2.36. The molecule has 1 aliphatic heterocycles. The quantitative estimate of drug-likeness (QED) is 0.616. The molecule has 7 nitrogen and oxygen atoms in total. The van der Waals surface area contributed by atoms with Crippen molar-refractivity contribution in [2.45, 2.75) is 4.90 Å². The van der Waals surface area contributed by atoms with E-state index in [0.29, 0.717) is 30.2 Å². The average Bonchev–Trinajstić information content (AvgIpc) is 2.80. The Labute approximate surface area is 181 Å². The van der Waals surface area contributed by atoms with E-state index in [2.05, 4.69) is 14.9 Å². The van der Waals surface area contributed by atoms with Gasteiger partial charge in [-0.3, -0.25) is 9.52 Å². The maximum Gasteiger partial charge on any atom is 0.261 e. The summed E-state index contributed by atoms with van der Waals surface area (Å²) in [5.41, 5.74) is 2.58. The molecule has 31 heavy (non-hydrogen) atoms. The third kappa shape index (κ3) is 5.22. The summed E-state index contributed by atoms with van der Waals surface area (Å²) in [4.78, 5) is 14.9. The van der Waals surface area contributed by atoms with Crippen molar-refractivity contribution < 1.29 is 17.9 Å². The Kier molecular flexibility index (Phi) is 6.20. The maximum absolute atomic E-state index is 12.5. The van der Waals surface area contributed by atoms with Gasteiger partial charge in [0.25, 0.3) is 15.9 Å². The molecule has 1 amide bonds. The first-order valence-electron chi connectivity index (χ1n) is 9.93. The van der Waals surface area contributed by atoms with Crippen LogP contribution < -0.4 is 14.9 Å². The highest BCUT2D eigenvalue weighted by Crippen LogP contribution is 2.20. The molecule has 1 aliphatic rings. The standard InChI is InChI=1S/C23H23N3O4S/c27-23(18-6-10-21(11-7-18)26-14-16-30-17-15-26)24-19-8-12-22(13-9-19)31(28,29)25-20-4-2-1-3-5-20/h1-13,25H,14-17H2,(H,24,27). The number of carbonyl (C=O) groups excluding carboxylic acids is 1. The van der Waals surface area contributed by atoms with Crippen LogP contribution in [0.3, 0.4) is 0 Å². The van der Waals surface area contributed by atoms with Crippen molar-refractivity contribution in [2.75, 3.05) is 41.2 Å². The number of ether oxygens (including phenoxy) is 1. The summed E-state index contributed by atoms with van der Waals surface area (Å²) in [6.45, 7) is 3.07. The van der Waals surface area contributed by atoms with Gasteiger partial charge in [0.05, 0.1) is 18.1 Å². The molecule has 0 unspecified atom stereocenters. The van der Waals surface area contributed by atoms with Crippen LogP contribution in [-0.4, -0.2) is 40.6 Å². The van der Waals surface area contributed by atoms with Crippen molar-refractivity contribution in [3.63, 3.8) is 0 Å². The molecule has 0 spiro atoms. The molecule has 0 saturated carbocycles. The number of amides is 1. The number of carbonyl (C=O) groups is 1. The molecular weight excluding hydrogens is 414 g/mol. The second kappa shape index (κ2) is 9.20. The number of anilines is 3. The maximum atomic E-state index is 12.5. The Bertz CT molecular complexity index is 1130. The third-order valence-corrected chi connectivity index (χ3v) is 6.35. The number of sulfonamides is 1. The number of benzene rings is 3. The molecule has 8 heteroatoms. The minimum atomic E-state index is -3.70. The molecule has 3 aromatic rings. The van der Waals surface area contributed by atoms with Crippen molar-refractivity contribution in [2.24, 2.45) is 0 Å². The van der Waals surface area contributed by atoms with Crippen LogP contribution in [0.25, 0.3) is 0 Å². The van der Waals surface area contributed by atoms with Crippen LogP contribution in [0.5, 0.6) is 0 Å². The van der Waals surface area contributed by atoms with Crippen molar-refractivity contribution in [1.29, 1.82) is 0 Å². The first-order valence-corrected chi connectivity index (χ1v) is 11.4. The zero-order chi connectivity index (χ0) is 21.7. The number of nitrogens with one attached hydrogen (secondary N) is 2. The van der Waals surface area contributed by atoms with Gasteiger partial charge < -0.3 is 15.0 Å². The SMILES string of the molecule is O=C(Nc1ccc(S(=O)(=O)Nc2ccccc2)cc1)c1ccc(N2CCOCC2)cc1. The van der Waals surface area contributed by atoms with Crippen molar-refractivity contribution in [1.82, 2.24) is 0 Å². The minimum Gasteiger partial charge on any atom is -0.378 e. The molecule has 2 N–H and O–H groups in total. The van der Waals surface area contributed by atoms with E-state index in [1.54, 1.807) is 48.5 Å². The van der Waals surface area contributed by atoms with Crippen LogP contribution >= 0.6 is 0 Å². The van der Waals surface area contributed by atoms with Crippen LogP contribution in [-0.2, 0) is 14.8 Å². The summed E-state index contributed by atoms with van der Waals surface area (Å²) in [6.07, 6.45) is 0. The van der Waals surface area contributed by atoms with E-state index in [0.717, 1.165) is 18.8 Å². The smallest absolute Gasteiger partial charge is 0.261 e. The van der Waals surface area contributed by atoms with Gasteiger partial charge in [-0.25, -0.2) is 8.42 Å². The third-order valence-electron chi connectivity index (χ3n) is 4.95. The van der Waals surface area contributed by atoms with E-state index in [1.807, 2.05) is 18.2 Å². The van der Waals surface area contributed by atoms with Crippen LogP contribution in [0.1, 0.15) is 10.4 Å². The fourth-order valence-corrected chi connectivity index (χ4v) is 4.34. The molecule has 0 aliphatic carbocycles. The number of nitrogens with zero attached hydrogens (tertiary/aromatic N) is 1. The predicted molar refractivity (Wildman–Crippen MR) is 121 cm³/mol. The fourth-order valence-electron chi connectivity index (χ4n) is 3.29. The van der Waals surface area contributed by atoms with Crippen molar-refractivity contribution >= 4 is 33.0 Å². The summed E-state index contributed by atoms with van der Waals surface area (Å²) in [5, 5.41) is 2.80. The van der Waals surface area contributed by atoms with Gasteiger partial charge in [-0.05, 0) is 60.7 Å². The monoisotopic (exact) mass is 437 g/mol. The van der Waals surface area contributed by atoms with Gasteiger partial charge >= 0.3 is 0 Å². The van der Waals surface area contributed by atoms with E-state index in [-0.39, 0.29) is 10.8 Å². The van der Waals surface area contributed by atoms with E-state index in [1.165, 1.54) is 12.1 Å². The lowest BCUT2D eigenvalue weighted by molar-refractivity contribution is 0.102. The predicted octanol–water partition coefficient (Wildman–Crippen LogP) is 3.58. The summed E-state index contributed by atoms with van der Waals surface area (Å²) >= 11 is 0. The van der Waals surface area contributed by atoms with E-state index >= 15 is 0 Å². The van der Waals surface area contributed by atoms with Gasteiger partial charge in [0.15, 0.2) is 0 Å². The second-order valence-electron chi connectivity index (χ2n) is 7.10. The highest BCUT2D eigenvalue weighted by atomic mass is 32.2. The zero-order valence-corrected chi connectivity index (χ0v) is 17.6. The van der Waals surface area contributed by atoms with Crippen LogP contribution in [0.2, 0.25) is 0 Å². The molecule has 0 atom stereocenters. The topological polar surface area (TPSA) is 87.7 Å². The summed E-state index contributed by atoms with van der Waals surface area (Å²) in [6, 6.07) is 22.1. The van der Waals surface area contributed by atoms with E-state index in [9.17, 15) is 13.2 Å². The van der Waals surface area contributed by atoms with Gasteiger partial charge in [-0.2, -0.15) is 0 Å². The average molecular weight is 438 g/mol. The Morgan fingerprint density at radius 2 is 1.45 bits per heavy atom. The zero-order valence-electron chi connectivity index (χ0n) is 16.8. The number of morpholine rings is 1. The van der Waals surface area contributed by atoms with Gasteiger partial charge in [0.1, 0.15) is 0 Å². The molecule has 0 bridgehead atoms. The molecule has 1 fully saturated rings. The van der Waals surface area contributed by atoms with E-state index < -0.39 is 10.0 Å². The normalized spacial score (nSPS) is 14.1. The second-order valence-corrected chi connectivity index (χ2v) is 8.78. The lowest BCUT2D eigenvalue weighted by Gasteiger charge is -2.28. The molecule has 0 aromatic heterocycles. The Hall–Kier alpha value is -3.36. The molecule has 3 aromatic carbocycles. The Morgan fingerprint density at radius 1 is 0.806 bits per heavy atom. The molecule has 160 valence electrons. The summed E-state index contributed by atoms with van der Waals surface area (Å²) < 4.78 is 32.9. The van der Waals surface area contributed by atoms with Crippen molar-refractivity contribution in [3.8, 4) is 0 Å². The number of hydrogen-bond donors (Lipinski definition) is 2.